The van der Waals surface area contributed by atoms with Crippen LogP contribution in [-0.2, 0) is 6.54 Å². The molecule has 0 unspecified atom stereocenters. The number of methoxy groups -OCH3 is 1. The van der Waals surface area contributed by atoms with Gasteiger partial charge in [0.15, 0.2) is 0 Å². The molecule has 0 radical (unpaired) electrons. The second kappa shape index (κ2) is 4.97. The summed E-state index contributed by atoms with van der Waals surface area (Å²) in [5, 5.41) is 4.42. The second-order valence-electron chi connectivity index (χ2n) is 3.36. The van der Waals surface area contributed by atoms with E-state index in [-0.39, 0.29) is 5.56 Å². The van der Waals surface area contributed by atoms with Crippen molar-refractivity contribution in [3.05, 3.63) is 51.5 Å². The van der Waals surface area contributed by atoms with Crippen molar-refractivity contribution in [2.75, 3.05) is 7.11 Å². The average molecular weight is 252 g/mol. The fourth-order valence-corrected chi connectivity index (χ4v) is 1.56. The number of aromatic nitrogens is 3. The third-order valence-electron chi connectivity index (χ3n) is 2.17. The van der Waals surface area contributed by atoms with Gasteiger partial charge in [-0.05, 0) is 17.7 Å². The van der Waals surface area contributed by atoms with Gasteiger partial charge >= 0.3 is 0 Å². The Morgan fingerprint density at radius 2 is 2.24 bits per heavy atom. The first-order chi connectivity index (χ1) is 8.19. The monoisotopic (exact) mass is 251 g/mol. The molecule has 5 nitrogen and oxygen atoms in total. The zero-order valence-corrected chi connectivity index (χ0v) is 9.89. The van der Waals surface area contributed by atoms with E-state index in [9.17, 15) is 4.79 Å². The minimum atomic E-state index is -0.196. The van der Waals surface area contributed by atoms with E-state index in [1.807, 2.05) is 0 Å². The van der Waals surface area contributed by atoms with Crippen LogP contribution in [0.15, 0.2) is 35.3 Å². The maximum absolute atomic E-state index is 11.6. The van der Waals surface area contributed by atoms with Crippen molar-refractivity contribution in [3.8, 4) is 5.88 Å². The number of rotatable bonds is 3. The normalized spacial score (nSPS) is 10.2. The Bertz CT molecular complexity index is 583. The first-order valence-electron chi connectivity index (χ1n) is 4.91. The van der Waals surface area contributed by atoms with Crippen molar-refractivity contribution >= 4 is 11.6 Å². The summed E-state index contributed by atoms with van der Waals surface area (Å²) in [6.07, 6.45) is 1.59. The molecule has 0 bridgehead atoms. The molecule has 0 aromatic carbocycles. The Labute approximate surface area is 103 Å². The fourth-order valence-electron chi connectivity index (χ4n) is 1.37. The smallest absolute Gasteiger partial charge is 0.267 e. The lowest BCUT2D eigenvalue weighted by molar-refractivity contribution is 0.379. The van der Waals surface area contributed by atoms with Crippen LogP contribution in [0.5, 0.6) is 5.88 Å². The van der Waals surface area contributed by atoms with Crippen molar-refractivity contribution in [2.24, 2.45) is 0 Å². The molecule has 2 heterocycles. The molecule has 2 rings (SSSR count). The Morgan fingerprint density at radius 1 is 1.41 bits per heavy atom. The lowest BCUT2D eigenvalue weighted by Gasteiger charge is -2.06. The molecule has 88 valence electrons. The topological polar surface area (TPSA) is 57.0 Å². The van der Waals surface area contributed by atoms with Gasteiger partial charge in [-0.1, -0.05) is 11.6 Å². The Hall–Kier alpha value is -1.88. The Kier molecular flexibility index (Phi) is 3.39. The molecule has 0 amide bonds. The Morgan fingerprint density at radius 3 is 2.94 bits per heavy atom. The number of halogens is 1. The van der Waals surface area contributed by atoms with Crippen LogP contribution in [0.3, 0.4) is 0 Å². The summed E-state index contributed by atoms with van der Waals surface area (Å²) < 4.78 is 6.27. The number of pyridine rings is 1. The van der Waals surface area contributed by atoms with Crippen molar-refractivity contribution in [1.29, 1.82) is 0 Å². The van der Waals surface area contributed by atoms with Gasteiger partial charge in [0, 0.05) is 18.3 Å². The van der Waals surface area contributed by atoms with Gasteiger partial charge in [-0.3, -0.25) is 4.79 Å². The zero-order chi connectivity index (χ0) is 12.3. The van der Waals surface area contributed by atoms with Crippen LogP contribution in [0.1, 0.15) is 5.56 Å². The molecule has 0 aliphatic rings. The molecular weight excluding hydrogens is 242 g/mol. The minimum Gasteiger partial charge on any atom is -0.480 e. The SMILES string of the molecule is COc1ccc(=O)n(Cc2ccnc(Cl)c2)n1. The van der Waals surface area contributed by atoms with E-state index in [1.165, 1.54) is 23.9 Å². The highest BCUT2D eigenvalue weighted by Gasteiger charge is 2.02. The third-order valence-corrected chi connectivity index (χ3v) is 2.38. The quantitative estimate of drug-likeness (QED) is 0.773. The minimum absolute atomic E-state index is 0.196. The molecule has 2 aromatic rings. The van der Waals surface area contributed by atoms with Crippen molar-refractivity contribution < 1.29 is 4.74 Å². The summed E-state index contributed by atoms with van der Waals surface area (Å²) in [6, 6.07) is 6.40. The molecule has 0 saturated heterocycles. The van der Waals surface area contributed by atoms with E-state index in [0.29, 0.717) is 17.6 Å². The highest BCUT2D eigenvalue weighted by Crippen LogP contribution is 2.08. The molecule has 6 heteroatoms. The van der Waals surface area contributed by atoms with Crippen LogP contribution < -0.4 is 10.3 Å². The molecular formula is C11H10ClN3O2. The molecule has 0 N–H and O–H groups in total. The first-order valence-corrected chi connectivity index (χ1v) is 5.29. The predicted molar refractivity (Wildman–Crippen MR) is 63.4 cm³/mol. The van der Waals surface area contributed by atoms with Crippen LogP contribution >= 0.6 is 11.6 Å². The van der Waals surface area contributed by atoms with Crippen LogP contribution in [0.2, 0.25) is 5.15 Å². The van der Waals surface area contributed by atoms with Gasteiger partial charge < -0.3 is 4.74 Å². The summed E-state index contributed by atoms with van der Waals surface area (Å²) in [5.41, 5.74) is 0.659. The first kappa shape index (κ1) is 11.6. The lowest BCUT2D eigenvalue weighted by Crippen LogP contribution is -2.22. The van der Waals surface area contributed by atoms with E-state index >= 15 is 0 Å². The summed E-state index contributed by atoms with van der Waals surface area (Å²) in [4.78, 5) is 15.4. The summed E-state index contributed by atoms with van der Waals surface area (Å²) in [7, 11) is 1.50. The number of hydrogen-bond acceptors (Lipinski definition) is 4. The van der Waals surface area contributed by atoms with E-state index in [1.54, 1.807) is 18.3 Å². The molecule has 0 aliphatic heterocycles. The van der Waals surface area contributed by atoms with Gasteiger partial charge in [0.05, 0.1) is 13.7 Å². The van der Waals surface area contributed by atoms with E-state index in [4.69, 9.17) is 16.3 Å². The highest BCUT2D eigenvalue weighted by atomic mass is 35.5. The van der Waals surface area contributed by atoms with E-state index in [2.05, 4.69) is 10.1 Å². The summed E-state index contributed by atoms with van der Waals surface area (Å²) >= 11 is 5.77. The molecule has 0 fully saturated rings. The number of hydrogen-bond donors (Lipinski definition) is 0. The second-order valence-corrected chi connectivity index (χ2v) is 3.75. The van der Waals surface area contributed by atoms with Gasteiger partial charge in [0.2, 0.25) is 5.88 Å². The third kappa shape index (κ3) is 2.82. The van der Waals surface area contributed by atoms with E-state index in [0.717, 1.165) is 5.56 Å². The lowest BCUT2D eigenvalue weighted by atomic mass is 10.3. The standard InChI is InChI=1S/C11H10ClN3O2/c1-17-10-2-3-11(16)15(14-10)7-8-4-5-13-9(12)6-8/h2-6H,7H2,1H3. The molecule has 17 heavy (non-hydrogen) atoms. The van der Waals surface area contributed by atoms with Gasteiger partial charge in [-0.2, -0.15) is 0 Å². The molecule has 2 aromatic heterocycles. The molecule has 0 atom stereocenters. The number of nitrogens with zero attached hydrogens (tertiary/aromatic N) is 3. The van der Waals surface area contributed by atoms with Crippen LogP contribution in [0.25, 0.3) is 0 Å². The number of ether oxygens (including phenoxy) is 1. The highest BCUT2D eigenvalue weighted by molar-refractivity contribution is 6.29. The average Bonchev–Trinajstić information content (AvgIpc) is 2.32. The van der Waals surface area contributed by atoms with Crippen LogP contribution in [0, 0.1) is 0 Å². The van der Waals surface area contributed by atoms with Crippen molar-refractivity contribution in [2.45, 2.75) is 6.54 Å². The molecule has 0 spiro atoms. The van der Waals surface area contributed by atoms with Crippen LogP contribution in [0.4, 0.5) is 0 Å². The van der Waals surface area contributed by atoms with Gasteiger partial charge in [-0.15, -0.1) is 5.10 Å². The maximum Gasteiger partial charge on any atom is 0.267 e. The van der Waals surface area contributed by atoms with Gasteiger partial charge in [-0.25, -0.2) is 9.67 Å². The van der Waals surface area contributed by atoms with Crippen molar-refractivity contribution in [1.82, 2.24) is 14.8 Å². The maximum atomic E-state index is 11.6. The largest absolute Gasteiger partial charge is 0.480 e. The van der Waals surface area contributed by atoms with Gasteiger partial charge in [0.25, 0.3) is 5.56 Å². The van der Waals surface area contributed by atoms with Crippen LogP contribution in [-0.4, -0.2) is 21.9 Å². The summed E-state index contributed by atoms with van der Waals surface area (Å²) in [5.74, 6) is 0.393. The summed E-state index contributed by atoms with van der Waals surface area (Å²) in [6.45, 7) is 0.332. The van der Waals surface area contributed by atoms with Crippen molar-refractivity contribution in [3.63, 3.8) is 0 Å². The Balaban J connectivity index is 2.32. The molecule has 0 saturated carbocycles. The fraction of sp³-hybridized carbons (Fsp3) is 0.182. The molecule has 0 aliphatic carbocycles. The zero-order valence-electron chi connectivity index (χ0n) is 9.13. The van der Waals surface area contributed by atoms with Gasteiger partial charge in [0.1, 0.15) is 5.15 Å². The van der Waals surface area contributed by atoms with E-state index < -0.39 is 0 Å². The predicted octanol–water partition coefficient (Wildman–Crippen LogP) is 1.35.